The molecule has 0 bridgehead atoms. The molecule has 0 spiro atoms. The Morgan fingerprint density at radius 1 is 1.09 bits per heavy atom. The van der Waals surface area contributed by atoms with E-state index in [9.17, 15) is 4.79 Å². The van der Waals surface area contributed by atoms with E-state index in [1.54, 1.807) is 11.8 Å². The molecule has 0 saturated heterocycles. The Hall–Kier alpha value is -1.74. The summed E-state index contributed by atoms with van der Waals surface area (Å²) in [7, 11) is 0. The van der Waals surface area contributed by atoms with Gasteiger partial charge in [-0.15, -0.1) is 11.8 Å². The fourth-order valence-electron chi connectivity index (χ4n) is 3.14. The summed E-state index contributed by atoms with van der Waals surface area (Å²) in [6, 6.07) is 18.8. The van der Waals surface area contributed by atoms with Crippen LogP contribution < -0.4 is 5.32 Å². The molecule has 0 aromatic heterocycles. The summed E-state index contributed by atoms with van der Waals surface area (Å²) in [5.74, 6) is 0.607. The molecule has 1 N–H and O–H groups in total. The first-order valence-corrected chi connectivity index (χ1v) is 9.19. The van der Waals surface area contributed by atoms with Crippen LogP contribution in [0.1, 0.15) is 30.4 Å². The quantitative estimate of drug-likeness (QED) is 0.801. The van der Waals surface area contributed by atoms with Crippen molar-refractivity contribution in [2.75, 3.05) is 12.3 Å². The number of thioether (sulfide) groups is 1. The first kappa shape index (κ1) is 16.1. The van der Waals surface area contributed by atoms with Crippen molar-refractivity contribution in [3.05, 3.63) is 65.7 Å². The number of hydrogen-bond donors (Lipinski definition) is 1. The van der Waals surface area contributed by atoms with Crippen LogP contribution in [0, 0.1) is 6.92 Å². The Labute approximate surface area is 142 Å². The van der Waals surface area contributed by atoms with Crippen molar-refractivity contribution >= 4 is 17.7 Å². The Morgan fingerprint density at radius 3 is 2.43 bits per heavy atom. The predicted molar refractivity (Wildman–Crippen MR) is 96.9 cm³/mol. The maximum atomic E-state index is 12.2. The first-order chi connectivity index (χ1) is 11.2. The van der Waals surface area contributed by atoms with Gasteiger partial charge in [0, 0.05) is 16.9 Å². The lowest BCUT2D eigenvalue weighted by atomic mass is 9.64. The van der Waals surface area contributed by atoms with Gasteiger partial charge in [-0.05, 0) is 37.0 Å². The van der Waals surface area contributed by atoms with Gasteiger partial charge in [0.2, 0.25) is 5.91 Å². The minimum atomic E-state index is 0.125. The average molecular weight is 325 g/mol. The molecule has 0 aliphatic heterocycles. The van der Waals surface area contributed by atoms with Crippen LogP contribution in [0.25, 0.3) is 0 Å². The van der Waals surface area contributed by atoms with Crippen LogP contribution in [0.2, 0.25) is 0 Å². The maximum absolute atomic E-state index is 12.2. The van der Waals surface area contributed by atoms with Crippen LogP contribution in [0.4, 0.5) is 0 Å². The van der Waals surface area contributed by atoms with E-state index in [1.165, 1.54) is 35.3 Å². The summed E-state index contributed by atoms with van der Waals surface area (Å²) in [6.45, 7) is 2.84. The molecule has 1 aliphatic carbocycles. The van der Waals surface area contributed by atoms with Crippen LogP contribution in [0.3, 0.4) is 0 Å². The van der Waals surface area contributed by atoms with Gasteiger partial charge in [-0.2, -0.15) is 0 Å². The highest BCUT2D eigenvalue weighted by molar-refractivity contribution is 8.00. The van der Waals surface area contributed by atoms with Crippen LogP contribution >= 0.6 is 11.8 Å². The largest absolute Gasteiger partial charge is 0.354 e. The van der Waals surface area contributed by atoms with Gasteiger partial charge in [0.05, 0.1) is 5.75 Å². The molecule has 23 heavy (non-hydrogen) atoms. The van der Waals surface area contributed by atoms with E-state index in [0.29, 0.717) is 5.75 Å². The predicted octanol–water partition coefficient (Wildman–Crippen LogP) is 4.33. The van der Waals surface area contributed by atoms with Gasteiger partial charge in [-0.1, -0.05) is 55.0 Å². The monoisotopic (exact) mass is 325 g/mol. The lowest BCUT2D eigenvalue weighted by Crippen LogP contribution is -2.46. The second kappa shape index (κ2) is 7.22. The molecule has 3 heteroatoms. The van der Waals surface area contributed by atoms with Crippen LogP contribution in [-0.2, 0) is 10.2 Å². The smallest absolute Gasteiger partial charge is 0.230 e. The van der Waals surface area contributed by atoms with E-state index < -0.39 is 0 Å². The molecule has 3 rings (SSSR count). The molecule has 0 heterocycles. The summed E-state index contributed by atoms with van der Waals surface area (Å²) in [6.07, 6.45) is 3.59. The number of amides is 1. The number of aryl methyl sites for hydroxylation is 1. The molecular formula is C20H23NOS. The zero-order valence-electron chi connectivity index (χ0n) is 13.5. The van der Waals surface area contributed by atoms with E-state index in [1.807, 2.05) is 18.2 Å². The fraction of sp³-hybridized carbons (Fsp3) is 0.350. The van der Waals surface area contributed by atoms with Gasteiger partial charge in [0.25, 0.3) is 0 Å². The number of carbonyl (C=O) groups is 1. The maximum Gasteiger partial charge on any atom is 0.230 e. The van der Waals surface area contributed by atoms with Gasteiger partial charge >= 0.3 is 0 Å². The van der Waals surface area contributed by atoms with Crippen LogP contribution in [0.5, 0.6) is 0 Å². The molecule has 1 saturated carbocycles. The zero-order chi connectivity index (χ0) is 16.1. The average Bonchev–Trinajstić information content (AvgIpc) is 2.54. The molecule has 2 aromatic carbocycles. The minimum Gasteiger partial charge on any atom is -0.354 e. The normalized spacial score (nSPS) is 15.7. The van der Waals surface area contributed by atoms with E-state index >= 15 is 0 Å². The second-order valence-electron chi connectivity index (χ2n) is 6.33. The third kappa shape index (κ3) is 3.78. The topological polar surface area (TPSA) is 29.1 Å². The molecule has 120 valence electrons. The zero-order valence-corrected chi connectivity index (χ0v) is 14.4. The second-order valence-corrected chi connectivity index (χ2v) is 7.35. The van der Waals surface area contributed by atoms with Gasteiger partial charge in [-0.25, -0.2) is 0 Å². The molecule has 0 radical (unpaired) electrons. The van der Waals surface area contributed by atoms with Gasteiger partial charge < -0.3 is 5.32 Å². The Balaban J connectivity index is 1.53. The third-order valence-electron chi connectivity index (χ3n) is 4.77. The summed E-state index contributed by atoms with van der Waals surface area (Å²) in [5.41, 5.74) is 2.74. The van der Waals surface area contributed by atoms with Crippen LogP contribution in [-0.4, -0.2) is 18.2 Å². The van der Waals surface area contributed by atoms with Crippen LogP contribution in [0.15, 0.2) is 59.5 Å². The van der Waals surface area contributed by atoms with Crippen molar-refractivity contribution in [2.45, 2.75) is 36.5 Å². The van der Waals surface area contributed by atoms with Crippen molar-refractivity contribution in [1.29, 1.82) is 0 Å². The Bertz CT molecular complexity index is 664. The number of carbonyl (C=O) groups excluding carboxylic acids is 1. The summed E-state index contributed by atoms with van der Waals surface area (Å²) < 4.78 is 0. The highest BCUT2D eigenvalue weighted by atomic mass is 32.2. The molecule has 1 amide bonds. The highest BCUT2D eigenvalue weighted by Gasteiger charge is 2.38. The van der Waals surface area contributed by atoms with E-state index in [4.69, 9.17) is 0 Å². The molecule has 0 atom stereocenters. The molecule has 2 nitrogen and oxygen atoms in total. The molecule has 2 aromatic rings. The SMILES string of the molecule is Cc1ccccc1SCC(=O)NCC1(c2ccccc2)CCC1. The van der Waals surface area contributed by atoms with Crippen molar-refractivity contribution in [3.63, 3.8) is 0 Å². The highest BCUT2D eigenvalue weighted by Crippen LogP contribution is 2.43. The molecule has 1 fully saturated rings. The number of benzene rings is 2. The molecule has 1 aliphatic rings. The number of hydrogen-bond acceptors (Lipinski definition) is 2. The van der Waals surface area contributed by atoms with Gasteiger partial charge in [0.1, 0.15) is 0 Å². The third-order valence-corrected chi connectivity index (χ3v) is 5.95. The molecular weight excluding hydrogens is 302 g/mol. The van der Waals surface area contributed by atoms with Crippen molar-refractivity contribution in [3.8, 4) is 0 Å². The van der Waals surface area contributed by atoms with Crippen molar-refractivity contribution in [2.24, 2.45) is 0 Å². The minimum absolute atomic E-state index is 0.125. The van der Waals surface area contributed by atoms with E-state index in [-0.39, 0.29) is 11.3 Å². The summed E-state index contributed by atoms with van der Waals surface area (Å²) >= 11 is 1.62. The van der Waals surface area contributed by atoms with Gasteiger partial charge in [0.15, 0.2) is 0 Å². The van der Waals surface area contributed by atoms with E-state index in [2.05, 4.69) is 48.6 Å². The lowest BCUT2D eigenvalue weighted by Gasteiger charge is -2.42. The van der Waals surface area contributed by atoms with Crippen molar-refractivity contribution in [1.82, 2.24) is 5.32 Å². The number of rotatable bonds is 6. The van der Waals surface area contributed by atoms with Crippen molar-refractivity contribution < 1.29 is 4.79 Å². The summed E-state index contributed by atoms with van der Waals surface area (Å²) in [5, 5.41) is 3.15. The summed E-state index contributed by atoms with van der Waals surface area (Å²) in [4.78, 5) is 13.4. The Morgan fingerprint density at radius 2 is 1.78 bits per heavy atom. The first-order valence-electron chi connectivity index (χ1n) is 8.20. The Kier molecular flexibility index (Phi) is 5.06. The standard InChI is InChI=1S/C20H23NOS/c1-16-8-5-6-11-18(16)23-14-19(22)21-15-20(12-7-13-20)17-9-3-2-4-10-17/h2-6,8-11H,7,12-15H2,1H3,(H,21,22). The molecule has 0 unspecified atom stereocenters. The number of nitrogens with one attached hydrogen (secondary N) is 1. The lowest BCUT2D eigenvalue weighted by molar-refractivity contribution is -0.119. The van der Waals surface area contributed by atoms with E-state index in [0.717, 1.165) is 6.54 Å². The van der Waals surface area contributed by atoms with Gasteiger partial charge in [-0.3, -0.25) is 4.79 Å². The fourth-order valence-corrected chi connectivity index (χ4v) is 4.00.